The lowest BCUT2D eigenvalue weighted by Crippen LogP contribution is -2.18. The van der Waals surface area contributed by atoms with Gasteiger partial charge in [-0.25, -0.2) is 14.2 Å². The highest BCUT2D eigenvalue weighted by Gasteiger charge is 2.20. The maximum atomic E-state index is 12.8. The van der Waals surface area contributed by atoms with Crippen LogP contribution in [0.1, 0.15) is 28.4 Å². The second-order valence-electron chi connectivity index (χ2n) is 7.85. The highest BCUT2D eigenvalue weighted by molar-refractivity contribution is 5.93. The van der Waals surface area contributed by atoms with Crippen LogP contribution in [0.4, 0.5) is 10.2 Å². The van der Waals surface area contributed by atoms with Gasteiger partial charge in [0.25, 0.3) is 0 Å². The highest BCUT2D eigenvalue weighted by Crippen LogP contribution is 2.35. The summed E-state index contributed by atoms with van der Waals surface area (Å²) in [4.78, 5) is 30.6. The average Bonchev–Trinajstić information content (AvgIpc) is 3.33. The number of hydrogen-bond donors (Lipinski definition) is 2. The quantitative estimate of drug-likeness (QED) is 0.426. The predicted octanol–water partition coefficient (Wildman–Crippen LogP) is 3.53. The van der Waals surface area contributed by atoms with Crippen molar-refractivity contribution in [3.63, 3.8) is 0 Å². The van der Waals surface area contributed by atoms with Gasteiger partial charge in [0, 0.05) is 18.8 Å². The first kappa shape index (κ1) is 24.5. The van der Waals surface area contributed by atoms with Crippen molar-refractivity contribution < 1.29 is 28.5 Å². The lowest BCUT2D eigenvalue weighted by atomic mass is 10.1. The van der Waals surface area contributed by atoms with Crippen molar-refractivity contribution in [2.75, 3.05) is 12.5 Å². The van der Waals surface area contributed by atoms with Crippen LogP contribution in [0.2, 0.25) is 0 Å². The zero-order valence-electron chi connectivity index (χ0n) is 19.5. The van der Waals surface area contributed by atoms with Crippen LogP contribution in [0.15, 0.2) is 53.6 Å². The van der Waals surface area contributed by atoms with Crippen LogP contribution < -0.4 is 25.4 Å². The third kappa shape index (κ3) is 5.19. The molecule has 1 aliphatic heterocycles. The summed E-state index contributed by atoms with van der Waals surface area (Å²) >= 11 is 0. The van der Waals surface area contributed by atoms with Gasteiger partial charge in [-0.2, -0.15) is 4.98 Å². The number of rotatable bonds is 5. The molecule has 2 aromatic carbocycles. The molecule has 3 heterocycles. The van der Waals surface area contributed by atoms with Gasteiger partial charge in [-0.1, -0.05) is 29.8 Å². The van der Waals surface area contributed by atoms with E-state index in [0.717, 1.165) is 11.8 Å². The van der Waals surface area contributed by atoms with Gasteiger partial charge in [-0.05, 0) is 25.5 Å². The number of aromatic carboxylic acids is 1. The summed E-state index contributed by atoms with van der Waals surface area (Å²) in [6.45, 7) is 4.87. The van der Waals surface area contributed by atoms with Gasteiger partial charge in [0.15, 0.2) is 23.1 Å². The fraction of sp³-hybridized carbons (Fsp3) is 0.200. The van der Waals surface area contributed by atoms with Gasteiger partial charge < -0.3 is 29.6 Å². The molecular weight excluding hydrogens is 471 g/mol. The van der Waals surface area contributed by atoms with Crippen LogP contribution in [0.25, 0.3) is 10.9 Å². The molecule has 0 amide bonds. The van der Waals surface area contributed by atoms with E-state index in [9.17, 15) is 14.0 Å². The Morgan fingerprint density at radius 3 is 2.56 bits per heavy atom. The summed E-state index contributed by atoms with van der Waals surface area (Å²) < 4.78 is 30.3. The van der Waals surface area contributed by atoms with Crippen molar-refractivity contribution in [1.82, 2.24) is 14.5 Å². The Kier molecular flexibility index (Phi) is 7.00. The fourth-order valence-corrected chi connectivity index (χ4v) is 3.46. The second kappa shape index (κ2) is 10.3. The number of fused-ring (bicyclic) bond motifs is 2. The zero-order valence-corrected chi connectivity index (χ0v) is 19.5. The summed E-state index contributed by atoms with van der Waals surface area (Å²) in [6.07, 6.45) is 2.35. The molecule has 0 saturated carbocycles. The Bertz CT molecular complexity index is 1490. The number of halogens is 1. The molecule has 0 unspecified atom stereocenters. The van der Waals surface area contributed by atoms with E-state index in [0.29, 0.717) is 35.6 Å². The SMILES string of the molecule is CCn1cc(C(=O)O)c(=O)c2cc3c(cc21)OCO3.Cc1ccc(COc2ncc(F)c(N)n2)cc1. The van der Waals surface area contributed by atoms with Gasteiger partial charge in [-0.15, -0.1) is 0 Å². The van der Waals surface area contributed by atoms with Gasteiger partial charge in [-0.3, -0.25) is 4.79 Å². The molecule has 1 aliphatic rings. The molecule has 0 radical (unpaired) electrons. The van der Waals surface area contributed by atoms with Gasteiger partial charge in [0.1, 0.15) is 12.2 Å². The number of carbonyl (C=O) groups is 1. The minimum absolute atomic E-state index is 0.0736. The Labute approximate surface area is 204 Å². The van der Waals surface area contributed by atoms with E-state index in [2.05, 4.69) is 9.97 Å². The van der Waals surface area contributed by atoms with E-state index in [1.54, 1.807) is 16.7 Å². The Balaban J connectivity index is 0.000000170. The normalized spacial score (nSPS) is 11.6. The first-order valence-corrected chi connectivity index (χ1v) is 10.9. The molecule has 0 fully saturated rings. The molecule has 2 aromatic heterocycles. The van der Waals surface area contributed by atoms with Gasteiger partial charge in [0.05, 0.1) is 17.1 Å². The average molecular weight is 494 g/mol. The molecular formula is C25H23FN4O6. The Hall–Kier alpha value is -4.67. The zero-order chi connectivity index (χ0) is 25.8. The number of hydrogen-bond acceptors (Lipinski definition) is 8. The first-order valence-electron chi connectivity index (χ1n) is 10.9. The minimum atomic E-state index is -1.23. The minimum Gasteiger partial charge on any atom is -0.477 e. The molecule has 186 valence electrons. The van der Waals surface area contributed by atoms with Crippen LogP contribution in [-0.4, -0.2) is 32.4 Å². The number of nitrogens with two attached hydrogens (primary N) is 1. The molecule has 10 nitrogen and oxygen atoms in total. The molecule has 0 aliphatic carbocycles. The van der Waals surface area contributed by atoms with E-state index in [1.165, 1.54) is 11.8 Å². The molecule has 4 aromatic rings. The van der Waals surface area contributed by atoms with Crippen LogP contribution in [0.3, 0.4) is 0 Å². The van der Waals surface area contributed by atoms with E-state index in [4.69, 9.17) is 25.1 Å². The summed E-state index contributed by atoms with van der Waals surface area (Å²) in [5, 5.41) is 9.39. The number of benzene rings is 2. The number of anilines is 1. The van der Waals surface area contributed by atoms with Crippen molar-refractivity contribution in [2.45, 2.75) is 27.0 Å². The highest BCUT2D eigenvalue weighted by atomic mass is 19.1. The Morgan fingerprint density at radius 2 is 1.92 bits per heavy atom. The molecule has 5 rings (SSSR count). The maximum Gasteiger partial charge on any atom is 0.341 e. The van der Waals surface area contributed by atoms with Crippen molar-refractivity contribution in [2.24, 2.45) is 0 Å². The Morgan fingerprint density at radius 1 is 1.22 bits per heavy atom. The van der Waals surface area contributed by atoms with Crippen LogP contribution in [0.5, 0.6) is 17.5 Å². The van der Waals surface area contributed by atoms with Crippen molar-refractivity contribution in [1.29, 1.82) is 0 Å². The van der Waals surface area contributed by atoms with Crippen molar-refractivity contribution in [3.05, 3.63) is 81.5 Å². The number of pyridine rings is 1. The second-order valence-corrected chi connectivity index (χ2v) is 7.85. The van der Waals surface area contributed by atoms with Crippen LogP contribution in [-0.2, 0) is 13.2 Å². The summed E-state index contributed by atoms with van der Waals surface area (Å²) in [6, 6.07) is 11.2. The number of carboxylic acid groups (broad SMARTS) is 1. The summed E-state index contributed by atoms with van der Waals surface area (Å²) in [5.74, 6) is -1.05. The van der Waals surface area contributed by atoms with Crippen LogP contribution in [0, 0.1) is 12.7 Å². The van der Waals surface area contributed by atoms with Crippen molar-refractivity contribution >= 4 is 22.7 Å². The molecule has 0 spiro atoms. The molecule has 36 heavy (non-hydrogen) atoms. The number of aromatic nitrogens is 3. The molecule has 0 bridgehead atoms. The lowest BCUT2D eigenvalue weighted by molar-refractivity contribution is 0.0695. The van der Waals surface area contributed by atoms with Crippen molar-refractivity contribution in [3.8, 4) is 17.5 Å². The van der Waals surface area contributed by atoms with Crippen LogP contribution >= 0.6 is 0 Å². The number of carboxylic acids is 1. The number of nitrogen functional groups attached to an aromatic ring is 1. The lowest BCUT2D eigenvalue weighted by Gasteiger charge is -2.10. The molecule has 3 N–H and O–H groups in total. The largest absolute Gasteiger partial charge is 0.477 e. The third-order valence-electron chi connectivity index (χ3n) is 5.38. The molecule has 0 saturated heterocycles. The summed E-state index contributed by atoms with van der Waals surface area (Å²) in [7, 11) is 0. The number of aryl methyl sites for hydroxylation is 2. The first-order chi connectivity index (χ1) is 17.3. The topological polar surface area (TPSA) is 139 Å². The van der Waals surface area contributed by atoms with Gasteiger partial charge >= 0.3 is 12.0 Å². The fourth-order valence-electron chi connectivity index (χ4n) is 3.46. The predicted molar refractivity (Wildman–Crippen MR) is 129 cm³/mol. The molecule has 11 heteroatoms. The van der Waals surface area contributed by atoms with E-state index >= 15 is 0 Å². The van der Waals surface area contributed by atoms with Gasteiger partial charge in [0.2, 0.25) is 12.2 Å². The number of nitrogens with zero attached hydrogens (tertiary/aromatic N) is 3. The number of ether oxygens (including phenoxy) is 3. The third-order valence-corrected chi connectivity index (χ3v) is 5.38. The maximum absolute atomic E-state index is 12.8. The van der Waals surface area contributed by atoms with E-state index in [-0.39, 0.29) is 24.2 Å². The van der Waals surface area contributed by atoms with E-state index < -0.39 is 17.2 Å². The smallest absolute Gasteiger partial charge is 0.341 e. The summed E-state index contributed by atoms with van der Waals surface area (Å²) in [5.41, 5.74) is 7.36. The monoisotopic (exact) mass is 494 g/mol. The van der Waals surface area contributed by atoms with E-state index in [1.807, 2.05) is 38.1 Å². The molecule has 0 atom stereocenters. The standard InChI is InChI=1S/C13H11NO5.C12H12FN3O/c1-2-14-5-8(13(16)17)12(15)7-3-10-11(4-9(7)14)19-6-18-10;1-8-2-4-9(5-3-8)7-17-12-15-6-10(13)11(14)16-12/h3-5H,2,6H2,1H3,(H,16,17);2-6H,7H2,1H3,(H2,14,15,16).